The molecule has 27 heteroatoms. The molecule has 13 aromatic carbocycles. The van der Waals surface area contributed by atoms with Gasteiger partial charge in [-0.2, -0.15) is 0 Å². The monoisotopic (exact) mass is 2040 g/mol. The third kappa shape index (κ3) is 26.4. The van der Waals surface area contributed by atoms with Gasteiger partial charge in [0, 0.05) is 204 Å². The molecule has 4 atom stereocenters. The Labute approximate surface area is 849 Å². The maximum atomic E-state index is 12.5. The molecule has 16 nitrogen and oxygen atoms in total. The van der Waals surface area contributed by atoms with Gasteiger partial charge in [0.1, 0.15) is 6.10 Å². The van der Waals surface area contributed by atoms with E-state index in [1.165, 1.54) is 68.8 Å². The number of benzene rings is 13. The molecule has 0 spiro atoms. The summed E-state index contributed by atoms with van der Waals surface area (Å²) < 4.78 is 5.01. The van der Waals surface area contributed by atoms with Crippen molar-refractivity contribution in [3.8, 4) is 0 Å². The van der Waals surface area contributed by atoms with Gasteiger partial charge in [-0.1, -0.05) is 187 Å². The van der Waals surface area contributed by atoms with Crippen LogP contribution in [0.1, 0.15) is 200 Å². The molecule has 0 aliphatic carbocycles. The van der Waals surface area contributed by atoms with Gasteiger partial charge in [0.05, 0.1) is 18.9 Å². The van der Waals surface area contributed by atoms with Crippen molar-refractivity contribution in [2.75, 3.05) is 34.5 Å². The second-order valence-corrected chi connectivity index (χ2v) is 46.9. The van der Waals surface area contributed by atoms with Crippen LogP contribution in [-0.2, 0) is 20.9 Å². The normalized spacial score (nSPS) is 17.9. The predicted molar refractivity (Wildman–Crippen MR) is 565 cm³/mol. The molecule has 13 aromatic rings. The number of aryl methyl sites for hydroxylation is 2. The number of hydrogen-bond donors (Lipinski definition) is 3. The van der Waals surface area contributed by atoms with Gasteiger partial charge in [-0.05, 0) is 182 Å². The van der Waals surface area contributed by atoms with Crippen LogP contribution in [0.4, 0.5) is 0 Å². The van der Waals surface area contributed by atoms with E-state index in [0.717, 1.165) is 112 Å². The van der Waals surface area contributed by atoms with Gasteiger partial charge in [0.25, 0.3) is 0 Å². The molecule has 0 saturated carbocycles. The number of esters is 1. The Morgan fingerprint density at radius 3 is 1.59 bits per heavy atom. The molecule has 22 rings (SSSR count). The Hall–Kier alpha value is -10.1. The smallest absolute Gasteiger partial charge is 0.304 e. The standard InChI is InChI=1S/C17H14O3S.3C13H10OS.C13H16OS.C11H9ClO3S.C11H11ClOS.C11H10O3S.C9H8O2S/c18-9-11-6-7-13-15(8-11)21-10-14(17(13)20)16(19)12-4-2-1-3-5-12;14-12-5-6-15-13-8-10-4-2-1-3-9(10)7-11(12)13;14-11-7-8-15-12-6-5-9-3-1-2-4-10(9)13(11)12;14-12-7-8-15-13-10-4-2-1-3-9(10)5-6-11(12)13;1-8-5-9(2)12-10(14)7-13(3,4)15-11(12)6-8;12-6-1-2-10-8(3-6)9(13)4-7(16-10)5-11(14)15;1-11(2)6-9(13)8-5-7(12)3-4-10(8)14-11;1-7(12)14-9-6-15-10-5-3-2-4-8(10)11(9)13;10-7-5-12-8-4-2-1-3-6(8)9(7)11/h1-8,14,18H,9-10H2;1-4,7-8H,5-6H2;2*1-6H,7-8H2;5-6H,7H2,1-4H3;1-3,7H,4-5H2,(H,14,15);3-5H,6H2,1-2H3;2-5,9H,6H2,1H3;1-4,7,10H,5H2. The summed E-state index contributed by atoms with van der Waals surface area (Å²) in [7, 11) is 0. The first-order chi connectivity index (χ1) is 66.2. The number of carbonyl (C=O) groups is 12. The van der Waals surface area contributed by atoms with Crippen LogP contribution in [0.3, 0.4) is 0 Å². The predicted octanol–water partition coefficient (Wildman–Crippen LogP) is 27.2. The molecule has 0 amide bonds. The first-order valence-electron chi connectivity index (χ1n) is 44.7. The number of ketones is 10. The van der Waals surface area contributed by atoms with Crippen LogP contribution in [0.25, 0.3) is 32.3 Å². The molecule has 9 heterocycles. The zero-order chi connectivity index (χ0) is 98.2. The number of rotatable bonds is 6. The number of thioether (sulfide) groups is 9. The van der Waals surface area contributed by atoms with Gasteiger partial charge in [-0.15, -0.1) is 106 Å². The number of aliphatic hydroxyl groups is 2. The van der Waals surface area contributed by atoms with Gasteiger partial charge in [-0.3, -0.25) is 57.5 Å². The Morgan fingerprint density at radius 2 is 0.920 bits per heavy atom. The number of aliphatic hydroxyl groups excluding tert-OH is 2. The number of ether oxygens (including phenoxy) is 1. The molecule has 0 aromatic heterocycles. The van der Waals surface area contributed by atoms with E-state index in [1.807, 2.05) is 140 Å². The lowest BCUT2D eigenvalue weighted by molar-refractivity contribution is -0.143. The van der Waals surface area contributed by atoms with Crippen LogP contribution in [-0.4, -0.2) is 147 Å². The van der Waals surface area contributed by atoms with Crippen molar-refractivity contribution in [2.24, 2.45) is 5.92 Å². The number of carboxylic acid groups (broad SMARTS) is 1. The Morgan fingerprint density at radius 1 is 0.413 bits per heavy atom. The summed E-state index contributed by atoms with van der Waals surface area (Å²) in [6.45, 7) is 13.8. The van der Waals surface area contributed by atoms with Crippen LogP contribution in [0.2, 0.25) is 10.0 Å². The molecule has 3 N–H and O–H groups in total. The zero-order valence-corrected chi connectivity index (χ0v) is 85.4. The van der Waals surface area contributed by atoms with Crippen molar-refractivity contribution in [2.45, 2.75) is 171 Å². The van der Waals surface area contributed by atoms with E-state index in [0.29, 0.717) is 98.8 Å². The fraction of sp³-hybridized carbons (Fsp3) is 0.243. The third-order valence-electron chi connectivity index (χ3n) is 23.1. The van der Waals surface area contributed by atoms with Crippen LogP contribution in [0.15, 0.2) is 299 Å². The van der Waals surface area contributed by atoms with E-state index in [-0.39, 0.29) is 80.5 Å². The topological polar surface area (TPSA) is 275 Å². The van der Waals surface area contributed by atoms with E-state index < -0.39 is 30.1 Å². The third-order valence-corrected chi connectivity index (χ3v) is 34.0. The molecule has 138 heavy (non-hydrogen) atoms. The highest BCUT2D eigenvalue weighted by Gasteiger charge is 2.38. The van der Waals surface area contributed by atoms with E-state index in [1.54, 1.807) is 132 Å². The molecule has 0 fully saturated rings. The Bertz CT molecular complexity index is 6910. The van der Waals surface area contributed by atoms with Gasteiger partial charge in [0.2, 0.25) is 5.78 Å². The number of hydrogen-bond acceptors (Lipinski definition) is 24. The molecule has 0 radical (unpaired) electrons. The van der Waals surface area contributed by atoms with E-state index in [4.69, 9.17) is 38.2 Å². The second kappa shape index (κ2) is 47.5. The zero-order valence-electron chi connectivity index (χ0n) is 76.5. The van der Waals surface area contributed by atoms with Crippen LogP contribution >= 0.6 is 129 Å². The van der Waals surface area contributed by atoms with Gasteiger partial charge in [0.15, 0.2) is 58.2 Å². The maximum absolute atomic E-state index is 12.5. The minimum Gasteiger partial charge on any atom is -0.481 e. The minimum atomic E-state index is -0.872. The number of fused-ring (bicyclic) bond motifs is 14. The van der Waals surface area contributed by atoms with Gasteiger partial charge in [-0.25, -0.2) is 0 Å². The summed E-state index contributed by atoms with van der Waals surface area (Å²) in [6.07, 6.45) is 2.10. The van der Waals surface area contributed by atoms with Crippen molar-refractivity contribution in [3.05, 3.63) is 337 Å². The summed E-state index contributed by atoms with van der Waals surface area (Å²) in [6, 6.07) is 80.7. The van der Waals surface area contributed by atoms with Crippen LogP contribution in [0, 0.1) is 19.8 Å². The van der Waals surface area contributed by atoms with Crippen molar-refractivity contribution in [1.29, 1.82) is 0 Å². The average Bonchev–Trinajstić information content (AvgIpc) is 0.788. The highest BCUT2D eigenvalue weighted by Crippen LogP contribution is 2.47. The first-order valence-corrected chi connectivity index (χ1v) is 53.8. The van der Waals surface area contributed by atoms with Crippen molar-refractivity contribution in [3.63, 3.8) is 0 Å². The second-order valence-electron chi connectivity index (χ2n) is 34.6. The molecule has 706 valence electrons. The minimum absolute atomic E-state index is 0.0118. The number of Topliss-reactive ketones (excluding diaryl/α,β-unsaturated/α-hetero) is 10. The number of aliphatic carboxylic acids is 1. The summed E-state index contributed by atoms with van der Waals surface area (Å²) in [5, 5.41) is 35.2. The molecule has 9 aliphatic heterocycles. The van der Waals surface area contributed by atoms with E-state index in [2.05, 4.69) is 95.3 Å². The molecular formula is C111H98Cl2O16S9. The van der Waals surface area contributed by atoms with Crippen LogP contribution < -0.4 is 0 Å². The molecule has 0 saturated heterocycles. The van der Waals surface area contributed by atoms with Crippen molar-refractivity contribution < 1.29 is 77.6 Å². The molecule has 9 aliphatic rings. The maximum Gasteiger partial charge on any atom is 0.304 e. The average molecular weight is 2050 g/mol. The number of halogens is 2. The number of carboxylic acids is 1. The van der Waals surface area contributed by atoms with E-state index >= 15 is 0 Å². The summed E-state index contributed by atoms with van der Waals surface area (Å²) in [5.41, 5.74) is 10.7. The SMILES string of the molecule is CC(=O)OC1CSc2ccccc2C1=O.CC1(C)CC(=O)c2cc(Cl)ccc2S1.Cc1cc(C)c2c(c1)SC(C)(C)CC2=O.O=C(O)CC1CC(=O)c2cc(Cl)ccc2S1.O=C(c1ccccc1)C1CSc2cc(CO)ccc2C1=O.O=C1CCSc2c1ccc1ccccc21.O=C1CCSc2cc3ccccc3cc21.O=C1CCSc2ccc3ccccc3c21.O=C1c2ccccc2SCC1O. The van der Waals surface area contributed by atoms with Gasteiger partial charge >= 0.3 is 11.9 Å². The Kier molecular flexibility index (Phi) is 35.7. The van der Waals surface area contributed by atoms with Crippen molar-refractivity contribution >= 4 is 231 Å². The Balaban J connectivity index is 0.000000124. The fourth-order valence-electron chi connectivity index (χ4n) is 16.6. The lowest BCUT2D eigenvalue weighted by Crippen LogP contribution is -2.32. The summed E-state index contributed by atoms with van der Waals surface area (Å²) in [4.78, 5) is 150. The molecule has 0 bridgehead atoms. The summed E-state index contributed by atoms with van der Waals surface area (Å²) >= 11 is 26.6. The lowest BCUT2D eigenvalue weighted by Gasteiger charge is -2.30. The van der Waals surface area contributed by atoms with Gasteiger partial charge < -0.3 is 20.1 Å². The fourth-order valence-corrected chi connectivity index (χ4v) is 27.3. The molecule has 4 unspecified atom stereocenters. The van der Waals surface area contributed by atoms with Crippen LogP contribution in [0.5, 0.6) is 0 Å². The highest BCUT2D eigenvalue weighted by atomic mass is 35.5. The molecular weight excluding hydrogens is 1950 g/mol. The summed E-state index contributed by atoms with van der Waals surface area (Å²) in [5.74, 6) is 3.15. The quantitative estimate of drug-likeness (QED) is 0.0792. The largest absolute Gasteiger partial charge is 0.481 e. The highest BCUT2D eigenvalue weighted by molar-refractivity contribution is 8.02. The lowest BCUT2D eigenvalue weighted by atomic mass is 9.90. The number of carbonyl (C=O) groups excluding carboxylic acids is 11. The van der Waals surface area contributed by atoms with E-state index in [9.17, 15) is 62.6 Å². The first kappa shape index (κ1) is 104. The van der Waals surface area contributed by atoms with Crippen molar-refractivity contribution in [1.82, 2.24) is 0 Å².